The second-order valence-corrected chi connectivity index (χ2v) is 3.82. The summed E-state index contributed by atoms with van der Waals surface area (Å²) in [4.78, 5) is 0.179. The minimum absolute atomic E-state index is 0.179. The van der Waals surface area contributed by atoms with E-state index >= 15 is 0 Å². The van der Waals surface area contributed by atoms with Crippen molar-refractivity contribution >= 4 is 11.3 Å². The van der Waals surface area contributed by atoms with Crippen LogP contribution in [0.25, 0.3) is 0 Å². The van der Waals surface area contributed by atoms with Gasteiger partial charge in [-0.25, -0.2) is 8.78 Å². The standard InChI is InChI=1S/C8H9F2NS/c9-8(10)7-3-5(4-12-7)6-1-2-11-6/h3-4,6,8,11H,1-2H2/t6-/m1/s1. The molecule has 1 atom stereocenters. The van der Waals surface area contributed by atoms with Crippen LogP contribution >= 0.6 is 11.3 Å². The van der Waals surface area contributed by atoms with E-state index in [0.717, 1.165) is 29.9 Å². The molecule has 1 fully saturated rings. The number of halogens is 2. The van der Waals surface area contributed by atoms with Crippen LogP contribution < -0.4 is 5.32 Å². The van der Waals surface area contributed by atoms with Crippen LogP contribution in [0, 0.1) is 0 Å². The Kier molecular flexibility index (Phi) is 2.11. The van der Waals surface area contributed by atoms with Crippen LogP contribution in [0.3, 0.4) is 0 Å². The van der Waals surface area contributed by atoms with Crippen molar-refractivity contribution in [1.82, 2.24) is 5.32 Å². The number of thiophene rings is 1. The average Bonchev–Trinajstić information content (AvgIpc) is 2.32. The van der Waals surface area contributed by atoms with Crippen LogP contribution in [0.5, 0.6) is 0 Å². The van der Waals surface area contributed by atoms with E-state index in [1.807, 2.05) is 5.38 Å². The number of rotatable bonds is 2. The Morgan fingerprint density at radius 2 is 2.33 bits per heavy atom. The SMILES string of the molecule is FC(F)c1cc([C@H]2CCN2)cs1. The van der Waals surface area contributed by atoms with Gasteiger partial charge in [-0.2, -0.15) is 0 Å². The van der Waals surface area contributed by atoms with E-state index in [1.54, 1.807) is 6.07 Å². The van der Waals surface area contributed by atoms with E-state index < -0.39 is 6.43 Å². The number of hydrogen-bond donors (Lipinski definition) is 1. The Morgan fingerprint density at radius 3 is 2.75 bits per heavy atom. The van der Waals surface area contributed by atoms with Crippen molar-refractivity contribution in [3.05, 3.63) is 21.9 Å². The van der Waals surface area contributed by atoms with Gasteiger partial charge in [0, 0.05) is 6.04 Å². The maximum Gasteiger partial charge on any atom is 0.272 e. The number of alkyl halides is 2. The van der Waals surface area contributed by atoms with Gasteiger partial charge in [-0.3, -0.25) is 0 Å². The smallest absolute Gasteiger partial charge is 0.272 e. The first-order valence-corrected chi connectivity index (χ1v) is 4.75. The van der Waals surface area contributed by atoms with Crippen molar-refractivity contribution in [3.63, 3.8) is 0 Å². The summed E-state index contributed by atoms with van der Waals surface area (Å²) in [6, 6.07) is 1.93. The molecule has 12 heavy (non-hydrogen) atoms. The summed E-state index contributed by atoms with van der Waals surface area (Å²) >= 11 is 1.15. The van der Waals surface area contributed by atoms with Crippen LogP contribution in [-0.2, 0) is 0 Å². The summed E-state index contributed by atoms with van der Waals surface area (Å²) in [5.74, 6) is 0. The molecule has 66 valence electrons. The molecule has 0 unspecified atom stereocenters. The van der Waals surface area contributed by atoms with E-state index in [0.29, 0.717) is 6.04 Å². The van der Waals surface area contributed by atoms with Crippen molar-refractivity contribution in [3.8, 4) is 0 Å². The molecule has 0 aliphatic carbocycles. The minimum atomic E-state index is -2.32. The molecule has 4 heteroatoms. The molecule has 0 saturated carbocycles. The molecule has 1 aromatic heterocycles. The minimum Gasteiger partial charge on any atom is -0.310 e. The van der Waals surface area contributed by atoms with Crippen molar-refractivity contribution in [2.75, 3.05) is 6.54 Å². The molecule has 1 aliphatic heterocycles. The molecule has 0 radical (unpaired) electrons. The third-order valence-corrected chi connectivity index (χ3v) is 3.04. The van der Waals surface area contributed by atoms with E-state index in [4.69, 9.17) is 0 Å². The van der Waals surface area contributed by atoms with Gasteiger partial charge in [0.25, 0.3) is 6.43 Å². The maximum atomic E-state index is 12.2. The average molecular weight is 189 g/mol. The molecule has 0 amide bonds. The van der Waals surface area contributed by atoms with Crippen LogP contribution in [0.1, 0.15) is 29.3 Å². The van der Waals surface area contributed by atoms with Gasteiger partial charge in [-0.1, -0.05) is 0 Å². The Morgan fingerprint density at radius 1 is 1.58 bits per heavy atom. The highest BCUT2D eigenvalue weighted by Crippen LogP contribution is 2.31. The molecular weight excluding hydrogens is 180 g/mol. The molecule has 2 rings (SSSR count). The molecule has 0 spiro atoms. The Labute approximate surface area is 73.4 Å². The van der Waals surface area contributed by atoms with Gasteiger partial charge in [0.1, 0.15) is 0 Å². The highest BCUT2D eigenvalue weighted by Gasteiger charge is 2.21. The highest BCUT2D eigenvalue weighted by molar-refractivity contribution is 7.10. The molecule has 1 saturated heterocycles. The molecule has 0 bridgehead atoms. The Hall–Kier alpha value is -0.480. The lowest BCUT2D eigenvalue weighted by molar-refractivity contribution is 0.155. The molecule has 1 aliphatic rings. The fourth-order valence-corrected chi connectivity index (χ4v) is 2.05. The zero-order valence-corrected chi connectivity index (χ0v) is 7.20. The fourth-order valence-electron chi connectivity index (χ4n) is 1.24. The van der Waals surface area contributed by atoms with Crippen molar-refractivity contribution in [2.24, 2.45) is 0 Å². The molecule has 2 heterocycles. The van der Waals surface area contributed by atoms with Gasteiger partial charge in [0.2, 0.25) is 0 Å². The summed E-state index contributed by atoms with van der Waals surface area (Å²) in [5, 5.41) is 4.99. The third kappa shape index (κ3) is 1.36. The van der Waals surface area contributed by atoms with Gasteiger partial charge in [-0.15, -0.1) is 11.3 Å². The lowest BCUT2D eigenvalue weighted by Crippen LogP contribution is -2.34. The van der Waals surface area contributed by atoms with E-state index in [-0.39, 0.29) is 4.88 Å². The van der Waals surface area contributed by atoms with Crippen molar-refractivity contribution in [2.45, 2.75) is 18.9 Å². The van der Waals surface area contributed by atoms with Gasteiger partial charge >= 0.3 is 0 Å². The first-order chi connectivity index (χ1) is 5.77. The number of hydrogen-bond acceptors (Lipinski definition) is 2. The van der Waals surface area contributed by atoms with Gasteiger partial charge < -0.3 is 5.32 Å². The lowest BCUT2D eigenvalue weighted by atomic mass is 10.0. The largest absolute Gasteiger partial charge is 0.310 e. The second-order valence-electron chi connectivity index (χ2n) is 2.88. The quantitative estimate of drug-likeness (QED) is 0.754. The molecule has 1 aromatic rings. The Balaban J connectivity index is 2.12. The van der Waals surface area contributed by atoms with Crippen LogP contribution in [0.15, 0.2) is 11.4 Å². The first-order valence-electron chi connectivity index (χ1n) is 3.87. The normalized spacial score (nSPS) is 22.8. The van der Waals surface area contributed by atoms with Crippen LogP contribution in [0.2, 0.25) is 0 Å². The number of nitrogens with one attached hydrogen (secondary N) is 1. The van der Waals surface area contributed by atoms with Crippen LogP contribution in [-0.4, -0.2) is 6.54 Å². The van der Waals surface area contributed by atoms with Gasteiger partial charge in [0.15, 0.2) is 0 Å². The predicted molar refractivity (Wildman–Crippen MR) is 44.6 cm³/mol. The van der Waals surface area contributed by atoms with Gasteiger partial charge in [0.05, 0.1) is 4.88 Å². The molecular formula is C8H9F2NS. The van der Waals surface area contributed by atoms with Gasteiger partial charge in [-0.05, 0) is 30.0 Å². The zero-order chi connectivity index (χ0) is 8.55. The topological polar surface area (TPSA) is 12.0 Å². The fraction of sp³-hybridized carbons (Fsp3) is 0.500. The van der Waals surface area contributed by atoms with Crippen LogP contribution in [0.4, 0.5) is 8.78 Å². The molecule has 1 nitrogen and oxygen atoms in total. The maximum absolute atomic E-state index is 12.2. The summed E-state index contributed by atoms with van der Waals surface area (Å²) in [7, 11) is 0. The van der Waals surface area contributed by atoms with Crippen molar-refractivity contribution < 1.29 is 8.78 Å². The first kappa shape index (κ1) is 8.13. The lowest BCUT2D eigenvalue weighted by Gasteiger charge is -2.26. The summed E-state index contributed by atoms with van der Waals surface area (Å²) in [6.45, 7) is 1.00. The van der Waals surface area contributed by atoms with E-state index in [2.05, 4.69) is 5.32 Å². The third-order valence-electron chi connectivity index (χ3n) is 2.08. The van der Waals surface area contributed by atoms with E-state index in [9.17, 15) is 8.78 Å². The zero-order valence-electron chi connectivity index (χ0n) is 6.39. The van der Waals surface area contributed by atoms with Crippen molar-refractivity contribution in [1.29, 1.82) is 0 Å². The molecule has 0 aromatic carbocycles. The Bertz CT molecular complexity index is 268. The predicted octanol–water partition coefficient (Wildman–Crippen LogP) is 2.72. The second kappa shape index (κ2) is 3.11. The summed E-state index contributed by atoms with van der Waals surface area (Å²) in [6.07, 6.45) is -1.25. The highest BCUT2D eigenvalue weighted by atomic mass is 32.1. The monoisotopic (exact) mass is 189 g/mol. The summed E-state index contributed by atoms with van der Waals surface area (Å²) in [5.41, 5.74) is 1.02. The van der Waals surface area contributed by atoms with E-state index in [1.165, 1.54) is 0 Å². The molecule has 1 N–H and O–H groups in total. The summed E-state index contributed by atoms with van der Waals surface area (Å²) < 4.78 is 24.3.